The van der Waals surface area contributed by atoms with Crippen LogP contribution in [-0.4, -0.2) is 29.0 Å². The summed E-state index contributed by atoms with van der Waals surface area (Å²) in [5.41, 5.74) is 2.38. The fraction of sp³-hybridized carbons (Fsp3) is 0.278. The molecule has 2 aromatic rings. The standard InChI is InChI=1S/C18H21N5O2S2/c1-12-10-19-16(20-11-12)22-27(24,25)15-7-5-14(6-8-15)23-13(2)9-18(3,4)21-17(23)26/h5-11H,1-4H3,(H,21,26)(H,19,20,22). The van der Waals surface area contributed by atoms with Crippen LogP contribution in [0.15, 0.2) is 53.3 Å². The van der Waals surface area contributed by atoms with Gasteiger partial charge in [-0.1, -0.05) is 0 Å². The second-order valence-electron chi connectivity index (χ2n) is 6.96. The highest BCUT2D eigenvalue weighted by Gasteiger charge is 2.27. The first-order valence-electron chi connectivity index (χ1n) is 8.31. The molecule has 0 radical (unpaired) electrons. The first kappa shape index (κ1) is 19.2. The van der Waals surface area contributed by atoms with E-state index in [0.717, 1.165) is 16.9 Å². The van der Waals surface area contributed by atoms with Crippen LogP contribution in [0.5, 0.6) is 0 Å². The number of aryl methyl sites for hydroxylation is 1. The van der Waals surface area contributed by atoms with Crippen LogP contribution in [0.25, 0.3) is 0 Å². The van der Waals surface area contributed by atoms with E-state index in [1.807, 2.05) is 32.6 Å². The maximum atomic E-state index is 12.5. The summed E-state index contributed by atoms with van der Waals surface area (Å²) in [6.07, 6.45) is 5.17. The van der Waals surface area contributed by atoms with Gasteiger partial charge in [-0.3, -0.25) is 4.90 Å². The zero-order valence-electron chi connectivity index (χ0n) is 15.5. The van der Waals surface area contributed by atoms with E-state index in [1.165, 1.54) is 12.1 Å². The molecule has 1 aliphatic rings. The van der Waals surface area contributed by atoms with Gasteiger partial charge in [0, 0.05) is 23.8 Å². The van der Waals surface area contributed by atoms with E-state index in [0.29, 0.717) is 5.11 Å². The SMILES string of the molecule is CC1=CC(C)(C)NC(=S)N1c1ccc(S(=O)(=O)Nc2ncc(C)cn2)cc1. The quantitative estimate of drug-likeness (QED) is 0.759. The molecule has 7 nitrogen and oxygen atoms in total. The largest absolute Gasteiger partial charge is 0.354 e. The van der Waals surface area contributed by atoms with Gasteiger partial charge in [-0.25, -0.2) is 23.1 Å². The molecule has 0 saturated heterocycles. The van der Waals surface area contributed by atoms with Gasteiger partial charge in [0.1, 0.15) is 0 Å². The van der Waals surface area contributed by atoms with E-state index in [2.05, 4.69) is 26.1 Å². The lowest BCUT2D eigenvalue weighted by atomic mass is 10.0. The molecule has 0 aliphatic carbocycles. The molecule has 0 fully saturated rings. The van der Waals surface area contributed by atoms with Gasteiger partial charge in [-0.05, 0) is 75.8 Å². The second-order valence-corrected chi connectivity index (χ2v) is 9.03. The fourth-order valence-electron chi connectivity index (χ4n) is 2.83. The van der Waals surface area contributed by atoms with Gasteiger partial charge < -0.3 is 5.32 Å². The number of aromatic nitrogens is 2. The highest BCUT2D eigenvalue weighted by molar-refractivity contribution is 7.92. The van der Waals surface area contributed by atoms with E-state index in [4.69, 9.17) is 12.2 Å². The molecule has 2 N–H and O–H groups in total. The average molecular weight is 404 g/mol. The maximum Gasteiger partial charge on any atom is 0.264 e. The predicted molar refractivity (Wildman–Crippen MR) is 110 cm³/mol. The molecule has 3 rings (SSSR count). The number of nitrogens with one attached hydrogen (secondary N) is 2. The van der Waals surface area contributed by atoms with Crippen molar-refractivity contribution in [3.8, 4) is 0 Å². The molecule has 0 spiro atoms. The third-order valence-electron chi connectivity index (χ3n) is 3.97. The van der Waals surface area contributed by atoms with Gasteiger partial charge in [0.05, 0.1) is 10.4 Å². The molecule has 2 heterocycles. The summed E-state index contributed by atoms with van der Waals surface area (Å²) in [4.78, 5) is 9.93. The zero-order valence-corrected chi connectivity index (χ0v) is 17.1. The van der Waals surface area contributed by atoms with Gasteiger partial charge >= 0.3 is 0 Å². The number of thiocarbonyl (C=S) groups is 1. The summed E-state index contributed by atoms with van der Waals surface area (Å²) in [6.45, 7) is 7.87. The van der Waals surface area contributed by atoms with E-state index < -0.39 is 10.0 Å². The summed E-state index contributed by atoms with van der Waals surface area (Å²) in [5, 5.41) is 3.82. The third-order valence-corrected chi connectivity index (χ3v) is 5.60. The molecule has 0 amide bonds. The number of hydrogen-bond donors (Lipinski definition) is 2. The van der Waals surface area contributed by atoms with Crippen LogP contribution in [0.2, 0.25) is 0 Å². The van der Waals surface area contributed by atoms with Crippen LogP contribution in [0.4, 0.5) is 11.6 Å². The Morgan fingerprint density at radius 1 is 1.11 bits per heavy atom. The van der Waals surface area contributed by atoms with Crippen LogP contribution >= 0.6 is 12.2 Å². The van der Waals surface area contributed by atoms with Gasteiger partial charge in [-0.2, -0.15) is 0 Å². The van der Waals surface area contributed by atoms with E-state index >= 15 is 0 Å². The van der Waals surface area contributed by atoms with Gasteiger partial charge in [-0.15, -0.1) is 0 Å². The van der Waals surface area contributed by atoms with E-state index in [9.17, 15) is 8.42 Å². The number of rotatable bonds is 4. The lowest BCUT2D eigenvalue weighted by molar-refractivity contribution is 0.560. The van der Waals surface area contributed by atoms with Crippen molar-refractivity contribution in [1.29, 1.82) is 0 Å². The van der Waals surface area contributed by atoms with Crippen molar-refractivity contribution in [1.82, 2.24) is 15.3 Å². The summed E-state index contributed by atoms with van der Waals surface area (Å²) < 4.78 is 27.4. The highest BCUT2D eigenvalue weighted by atomic mass is 32.2. The number of anilines is 2. The number of sulfonamides is 1. The summed E-state index contributed by atoms with van der Waals surface area (Å²) >= 11 is 5.47. The smallest absolute Gasteiger partial charge is 0.264 e. The number of nitrogens with zero attached hydrogens (tertiary/aromatic N) is 3. The highest BCUT2D eigenvalue weighted by Crippen LogP contribution is 2.27. The van der Waals surface area contributed by atoms with Crippen molar-refractivity contribution >= 4 is 39.0 Å². The van der Waals surface area contributed by atoms with Crippen molar-refractivity contribution in [2.75, 3.05) is 9.62 Å². The Kier molecular flexibility index (Phi) is 4.92. The Labute approximate surface area is 164 Å². The Morgan fingerprint density at radius 2 is 1.70 bits per heavy atom. The maximum absolute atomic E-state index is 12.5. The van der Waals surface area contributed by atoms with Crippen molar-refractivity contribution in [3.05, 3.63) is 54.0 Å². The van der Waals surface area contributed by atoms with Crippen molar-refractivity contribution < 1.29 is 8.42 Å². The van der Waals surface area contributed by atoms with Gasteiger partial charge in [0.15, 0.2) is 5.11 Å². The van der Waals surface area contributed by atoms with E-state index in [-0.39, 0.29) is 16.4 Å². The molecule has 0 bridgehead atoms. The normalized spacial score (nSPS) is 16.5. The molecule has 27 heavy (non-hydrogen) atoms. The van der Waals surface area contributed by atoms with Crippen molar-refractivity contribution in [2.24, 2.45) is 0 Å². The zero-order chi connectivity index (χ0) is 19.8. The van der Waals surface area contributed by atoms with Gasteiger partial charge in [0.2, 0.25) is 5.95 Å². The Morgan fingerprint density at radius 3 is 2.26 bits per heavy atom. The summed E-state index contributed by atoms with van der Waals surface area (Å²) in [5.74, 6) is 0.0343. The summed E-state index contributed by atoms with van der Waals surface area (Å²) in [6, 6.07) is 6.49. The Balaban J connectivity index is 1.84. The number of allylic oxidation sites excluding steroid dienone is 1. The van der Waals surface area contributed by atoms with Crippen molar-refractivity contribution in [3.63, 3.8) is 0 Å². The number of hydrogen-bond acceptors (Lipinski definition) is 5. The minimum atomic E-state index is -3.78. The van der Waals surface area contributed by atoms with Crippen LogP contribution in [0, 0.1) is 6.92 Å². The topological polar surface area (TPSA) is 87.2 Å². The molecule has 9 heteroatoms. The van der Waals surface area contributed by atoms with Crippen molar-refractivity contribution in [2.45, 2.75) is 38.1 Å². The first-order valence-corrected chi connectivity index (χ1v) is 10.2. The van der Waals surface area contributed by atoms with Crippen LogP contribution in [-0.2, 0) is 10.0 Å². The Bertz CT molecular complexity index is 997. The molecule has 0 unspecified atom stereocenters. The molecule has 142 valence electrons. The predicted octanol–water partition coefficient (Wildman–Crippen LogP) is 2.96. The van der Waals surface area contributed by atoms with Crippen LogP contribution in [0.3, 0.4) is 0 Å². The van der Waals surface area contributed by atoms with Gasteiger partial charge in [0.25, 0.3) is 10.0 Å². The molecular formula is C18H21N5O2S2. The minimum absolute atomic E-state index is 0.0343. The third kappa shape index (κ3) is 4.25. The first-order chi connectivity index (χ1) is 12.6. The minimum Gasteiger partial charge on any atom is -0.354 e. The average Bonchev–Trinajstić information content (AvgIpc) is 2.55. The molecule has 1 aromatic carbocycles. The monoisotopic (exact) mass is 403 g/mol. The number of benzene rings is 1. The van der Waals surface area contributed by atoms with E-state index in [1.54, 1.807) is 24.5 Å². The lowest BCUT2D eigenvalue weighted by Crippen LogP contribution is -2.53. The fourth-order valence-corrected chi connectivity index (χ4v) is 4.30. The lowest BCUT2D eigenvalue weighted by Gasteiger charge is -2.38. The Hall–Kier alpha value is -2.52. The molecule has 1 aliphatic heterocycles. The molecular weight excluding hydrogens is 382 g/mol. The molecule has 0 atom stereocenters. The van der Waals surface area contributed by atoms with Crippen LogP contribution in [0.1, 0.15) is 26.3 Å². The molecule has 0 saturated carbocycles. The summed E-state index contributed by atoms with van der Waals surface area (Å²) in [7, 11) is -3.78. The van der Waals surface area contributed by atoms with Crippen LogP contribution < -0.4 is 14.9 Å². The second kappa shape index (κ2) is 6.90. The molecule has 1 aromatic heterocycles.